The minimum Gasteiger partial charge on any atom is -0.359 e. The van der Waals surface area contributed by atoms with Crippen LogP contribution in [0.3, 0.4) is 0 Å². The molecule has 20 heavy (non-hydrogen) atoms. The third-order valence-corrected chi connectivity index (χ3v) is 3.62. The topological polar surface area (TPSA) is 16.1 Å². The molecule has 0 radical (unpaired) electrons. The van der Waals surface area contributed by atoms with Crippen LogP contribution in [0.15, 0.2) is 30.3 Å². The molecule has 0 atom stereocenters. The summed E-state index contributed by atoms with van der Waals surface area (Å²) < 4.78 is 36.9. The molecular weight excluding hydrogens is 333 g/mol. The maximum Gasteiger partial charge on any atom is 0.390 e. The normalized spacial score (nSPS) is 11.8. The lowest BCUT2D eigenvalue weighted by atomic mass is 10.1. The molecule has 0 unspecified atom stereocenters. The van der Waals surface area contributed by atoms with Gasteiger partial charge in [-0.2, -0.15) is 13.2 Å². The Hall–Kier alpha value is -1.30. The molecule has 6 heteroatoms. The highest BCUT2D eigenvalue weighted by Crippen LogP contribution is 2.26. The van der Waals surface area contributed by atoms with Gasteiger partial charge in [0.1, 0.15) is 5.82 Å². The lowest BCUT2D eigenvalue weighted by Gasteiger charge is -2.22. The van der Waals surface area contributed by atoms with Crippen LogP contribution in [0.5, 0.6) is 0 Å². The first-order valence-corrected chi connectivity index (χ1v) is 7.25. The van der Waals surface area contributed by atoms with Crippen molar-refractivity contribution in [1.29, 1.82) is 0 Å². The molecule has 1 aromatic carbocycles. The average Bonchev–Trinajstić information content (AvgIpc) is 2.42. The third-order valence-electron chi connectivity index (χ3n) is 3.02. The predicted molar refractivity (Wildman–Crippen MR) is 78.3 cm³/mol. The Bertz CT molecular complexity index is 598. The van der Waals surface area contributed by atoms with Gasteiger partial charge in [-0.05, 0) is 12.1 Å². The Labute approximate surface area is 123 Å². The van der Waals surface area contributed by atoms with Gasteiger partial charge >= 0.3 is 6.18 Å². The monoisotopic (exact) mass is 346 g/mol. The van der Waals surface area contributed by atoms with E-state index in [1.165, 1.54) is 0 Å². The van der Waals surface area contributed by atoms with Gasteiger partial charge in [-0.3, -0.25) is 0 Å². The molecule has 0 N–H and O–H groups in total. The van der Waals surface area contributed by atoms with E-state index >= 15 is 0 Å². The van der Waals surface area contributed by atoms with Gasteiger partial charge in [0.15, 0.2) is 0 Å². The standard InChI is InChI=1S/C14H14BrF3N2/c1-20(7-6-14(16,17)18)13-11(9-15)8-10-4-2-3-5-12(10)19-13/h2-5,8H,6-7,9H2,1H3. The van der Waals surface area contributed by atoms with E-state index < -0.39 is 12.6 Å². The fraction of sp³-hybridized carbons (Fsp3) is 0.357. The Morgan fingerprint density at radius 2 is 1.95 bits per heavy atom. The van der Waals surface area contributed by atoms with Gasteiger partial charge in [0.2, 0.25) is 0 Å². The number of hydrogen-bond acceptors (Lipinski definition) is 2. The summed E-state index contributed by atoms with van der Waals surface area (Å²) in [6.07, 6.45) is -5.00. The van der Waals surface area contributed by atoms with Crippen LogP contribution in [-0.2, 0) is 5.33 Å². The molecule has 0 aliphatic carbocycles. The minimum absolute atomic E-state index is 0.102. The highest BCUT2D eigenvalue weighted by atomic mass is 79.9. The predicted octanol–water partition coefficient (Wildman–Crippen LogP) is 4.52. The van der Waals surface area contributed by atoms with Crippen molar-refractivity contribution in [3.05, 3.63) is 35.9 Å². The van der Waals surface area contributed by atoms with Crippen LogP contribution in [-0.4, -0.2) is 24.8 Å². The zero-order valence-corrected chi connectivity index (χ0v) is 12.5. The first kappa shape index (κ1) is 15.1. The minimum atomic E-state index is -4.15. The van der Waals surface area contributed by atoms with Crippen molar-refractivity contribution in [1.82, 2.24) is 4.98 Å². The van der Waals surface area contributed by atoms with Crippen molar-refractivity contribution in [2.24, 2.45) is 0 Å². The van der Waals surface area contributed by atoms with Crippen LogP contribution in [0.25, 0.3) is 10.9 Å². The van der Waals surface area contributed by atoms with Crippen molar-refractivity contribution >= 4 is 32.7 Å². The van der Waals surface area contributed by atoms with Gasteiger partial charge in [0.25, 0.3) is 0 Å². The SMILES string of the molecule is CN(CCC(F)(F)F)c1nc2ccccc2cc1CBr. The molecule has 0 saturated carbocycles. The van der Waals surface area contributed by atoms with Gasteiger partial charge in [0, 0.05) is 29.9 Å². The number of para-hydroxylation sites is 1. The third kappa shape index (κ3) is 3.62. The molecule has 2 rings (SSSR count). The van der Waals surface area contributed by atoms with Crippen LogP contribution in [0.2, 0.25) is 0 Å². The molecule has 1 aromatic heterocycles. The molecule has 2 aromatic rings. The maximum absolute atomic E-state index is 12.3. The fourth-order valence-corrected chi connectivity index (χ4v) is 2.39. The number of hydrogen-bond donors (Lipinski definition) is 0. The lowest BCUT2D eigenvalue weighted by molar-refractivity contribution is -0.132. The van der Waals surface area contributed by atoms with E-state index in [0.29, 0.717) is 11.1 Å². The van der Waals surface area contributed by atoms with Crippen molar-refractivity contribution in [2.45, 2.75) is 17.9 Å². The molecule has 0 spiro atoms. The summed E-state index contributed by atoms with van der Waals surface area (Å²) in [6.45, 7) is -0.102. The highest BCUT2D eigenvalue weighted by molar-refractivity contribution is 9.08. The lowest BCUT2D eigenvalue weighted by Crippen LogP contribution is -2.25. The van der Waals surface area contributed by atoms with Crippen LogP contribution in [0.4, 0.5) is 19.0 Å². The van der Waals surface area contributed by atoms with E-state index in [-0.39, 0.29) is 6.54 Å². The van der Waals surface area contributed by atoms with Gasteiger partial charge in [0.05, 0.1) is 11.9 Å². The van der Waals surface area contributed by atoms with Crippen molar-refractivity contribution in [3.8, 4) is 0 Å². The largest absolute Gasteiger partial charge is 0.390 e. The molecule has 0 bridgehead atoms. The molecule has 2 nitrogen and oxygen atoms in total. The second-order valence-corrected chi connectivity index (χ2v) is 5.14. The van der Waals surface area contributed by atoms with E-state index in [4.69, 9.17) is 0 Å². The number of alkyl halides is 4. The molecule has 0 amide bonds. The van der Waals surface area contributed by atoms with Gasteiger partial charge in [-0.1, -0.05) is 34.1 Å². The number of anilines is 1. The summed E-state index contributed by atoms with van der Waals surface area (Å²) in [4.78, 5) is 6.03. The number of nitrogens with zero attached hydrogens (tertiary/aromatic N) is 2. The average molecular weight is 347 g/mol. The van der Waals surface area contributed by atoms with Crippen molar-refractivity contribution < 1.29 is 13.2 Å². The first-order chi connectivity index (χ1) is 9.40. The van der Waals surface area contributed by atoms with Crippen LogP contribution < -0.4 is 4.90 Å². The van der Waals surface area contributed by atoms with E-state index in [9.17, 15) is 13.2 Å². The first-order valence-electron chi connectivity index (χ1n) is 6.13. The van der Waals surface area contributed by atoms with Crippen molar-refractivity contribution in [3.63, 3.8) is 0 Å². The molecule has 108 valence electrons. The number of pyridine rings is 1. The van der Waals surface area contributed by atoms with E-state index in [1.807, 2.05) is 30.3 Å². The second-order valence-electron chi connectivity index (χ2n) is 4.58. The van der Waals surface area contributed by atoms with Crippen molar-refractivity contribution in [2.75, 3.05) is 18.5 Å². The Kier molecular flexibility index (Phi) is 4.52. The molecular formula is C14H14BrF3N2. The summed E-state index contributed by atoms with van der Waals surface area (Å²) in [7, 11) is 1.63. The second kappa shape index (κ2) is 5.99. The van der Waals surface area contributed by atoms with E-state index in [0.717, 1.165) is 16.5 Å². The van der Waals surface area contributed by atoms with Crippen LogP contribution in [0.1, 0.15) is 12.0 Å². The Morgan fingerprint density at radius 3 is 2.60 bits per heavy atom. The molecule has 0 fully saturated rings. The fourth-order valence-electron chi connectivity index (χ4n) is 1.98. The van der Waals surface area contributed by atoms with E-state index in [2.05, 4.69) is 20.9 Å². The van der Waals surface area contributed by atoms with Crippen LogP contribution in [0, 0.1) is 0 Å². The molecule has 0 aliphatic heterocycles. The zero-order chi connectivity index (χ0) is 14.8. The van der Waals surface area contributed by atoms with Crippen LogP contribution >= 0.6 is 15.9 Å². The number of aromatic nitrogens is 1. The Morgan fingerprint density at radius 1 is 1.25 bits per heavy atom. The highest BCUT2D eigenvalue weighted by Gasteiger charge is 2.27. The Balaban J connectivity index is 2.31. The van der Waals surface area contributed by atoms with E-state index in [1.54, 1.807) is 11.9 Å². The molecule has 1 heterocycles. The summed E-state index contributed by atoms with van der Waals surface area (Å²) in [5, 5.41) is 1.53. The van der Waals surface area contributed by atoms with Gasteiger partial charge in [-0.25, -0.2) is 4.98 Å². The number of fused-ring (bicyclic) bond motifs is 1. The van der Waals surface area contributed by atoms with Gasteiger partial charge < -0.3 is 4.90 Å². The smallest absolute Gasteiger partial charge is 0.359 e. The quantitative estimate of drug-likeness (QED) is 0.756. The maximum atomic E-state index is 12.3. The molecule has 0 saturated heterocycles. The summed E-state index contributed by atoms with van der Waals surface area (Å²) in [6, 6.07) is 9.52. The molecule has 0 aliphatic rings. The number of rotatable bonds is 4. The number of halogens is 4. The summed E-state index contributed by atoms with van der Waals surface area (Å²) in [5.74, 6) is 0.588. The summed E-state index contributed by atoms with van der Waals surface area (Å²) in [5.41, 5.74) is 1.67. The number of benzene rings is 1. The zero-order valence-electron chi connectivity index (χ0n) is 10.9. The summed E-state index contributed by atoms with van der Waals surface area (Å²) >= 11 is 3.36. The van der Waals surface area contributed by atoms with Gasteiger partial charge in [-0.15, -0.1) is 0 Å².